The lowest BCUT2D eigenvalue weighted by Gasteiger charge is -2.03. The Balaban J connectivity index is 2.78. The molecule has 12 heavy (non-hydrogen) atoms. The van der Waals surface area contributed by atoms with Crippen LogP contribution in [0.1, 0.15) is 19.4 Å². The highest BCUT2D eigenvalue weighted by Crippen LogP contribution is 2.09. The van der Waals surface area contributed by atoms with Crippen LogP contribution in [0.15, 0.2) is 24.3 Å². The van der Waals surface area contributed by atoms with Gasteiger partial charge in [-0.3, -0.25) is 0 Å². The van der Waals surface area contributed by atoms with E-state index in [0.29, 0.717) is 5.71 Å². The van der Waals surface area contributed by atoms with E-state index in [4.69, 9.17) is 5.41 Å². The molecule has 0 spiro atoms. The van der Waals surface area contributed by atoms with Crippen LogP contribution in [0.3, 0.4) is 0 Å². The SMILES string of the molecule is CCNc1ccc(C(C)=N)cc1. The van der Waals surface area contributed by atoms with Gasteiger partial charge in [-0.1, -0.05) is 12.1 Å². The summed E-state index contributed by atoms with van der Waals surface area (Å²) in [5, 5.41) is 10.6. The van der Waals surface area contributed by atoms with E-state index in [1.165, 1.54) is 0 Å². The van der Waals surface area contributed by atoms with Crippen LogP contribution in [0.5, 0.6) is 0 Å². The molecule has 0 bridgehead atoms. The van der Waals surface area contributed by atoms with Gasteiger partial charge in [-0.2, -0.15) is 0 Å². The highest BCUT2D eigenvalue weighted by Gasteiger charge is 1.93. The second-order valence-corrected chi connectivity index (χ2v) is 2.73. The summed E-state index contributed by atoms with van der Waals surface area (Å²) >= 11 is 0. The Kier molecular flexibility index (Phi) is 2.86. The average Bonchev–Trinajstić information content (AvgIpc) is 2.06. The van der Waals surface area contributed by atoms with Crippen molar-refractivity contribution in [3.05, 3.63) is 29.8 Å². The van der Waals surface area contributed by atoms with Crippen LogP contribution in [-0.4, -0.2) is 12.3 Å². The monoisotopic (exact) mass is 162 g/mol. The number of nitrogens with one attached hydrogen (secondary N) is 2. The third-order valence-electron chi connectivity index (χ3n) is 1.70. The lowest BCUT2D eigenvalue weighted by Crippen LogP contribution is -1.97. The van der Waals surface area contributed by atoms with E-state index >= 15 is 0 Å². The van der Waals surface area contributed by atoms with Gasteiger partial charge in [0.1, 0.15) is 0 Å². The molecule has 2 N–H and O–H groups in total. The van der Waals surface area contributed by atoms with E-state index in [2.05, 4.69) is 12.2 Å². The fraction of sp³-hybridized carbons (Fsp3) is 0.300. The van der Waals surface area contributed by atoms with Crippen molar-refractivity contribution >= 4 is 11.4 Å². The van der Waals surface area contributed by atoms with Gasteiger partial charge in [-0.05, 0) is 31.5 Å². The Morgan fingerprint density at radius 3 is 2.33 bits per heavy atom. The average molecular weight is 162 g/mol. The third-order valence-corrected chi connectivity index (χ3v) is 1.70. The summed E-state index contributed by atoms with van der Waals surface area (Å²) in [6, 6.07) is 7.91. The number of hydrogen-bond donors (Lipinski definition) is 2. The molecule has 0 saturated heterocycles. The van der Waals surface area contributed by atoms with E-state index in [-0.39, 0.29) is 0 Å². The second-order valence-electron chi connectivity index (χ2n) is 2.73. The Labute approximate surface area is 73.1 Å². The largest absolute Gasteiger partial charge is 0.385 e. The summed E-state index contributed by atoms with van der Waals surface area (Å²) < 4.78 is 0. The van der Waals surface area contributed by atoms with E-state index in [0.717, 1.165) is 17.8 Å². The molecule has 1 aromatic carbocycles. The van der Waals surface area contributed by atoms with Gasteiger partial charge in [0.15, 0.2) is 0 Å². The molecule has 0 fully saturated rings. The smallest absolute Gasteiger partial charge is 0.0355 e. The van der Waals surface area contributed by atoms with Gasteiger partial charge in [0.2, 0.25) is 0 Å². The first kappa shape index (κ1) is 8.78. The fourth-order valence-corrected chi connectivity index (χ4v) is 1.04. The summed E-state index contributed by atoms with van der Waals surface area (Å²) in [7, 11) is 0. The summed E-state index contributed by atoms with van der Waals surface area (Å²) in [5.74, 6) is 0. The molecule has 0 aromatic heterocycles. The Bertz CT molecular complexity index is 262. The highest BCUT2D eigenvalue weighted by atomic mass is 14.8. The van der Waals surface area contributed by atoms with Gasteiger partial charge in [-0.25, -0.2) is 0 Å². The van der Waals surface area contributed by atoms with Crippen LogP contribution in [0.2, 0.25) is 0 Å². The van der Waals surface area contributed by atoms with E-state index in [9.17, 15) is 0 Å². The van der Waals surface area contributed by atoms with Crippen LogP contribution in [0.4, 0.5) is 5.69 Å². The van der Waals surface area contributed by atoms with E-state index in [1.807, 2.05) is 24.3 Å². The lowest BCUT2D eigenvalue weighted by molar-refractivity contribution is 1.21. The molecule has 2 nitrogen and oxygen atoms in total. The molecule has 0 unspecified atom stereocenters. The first-order valence-electron chi connectivity index (χ1n) is 4.13. The maximum absolute atomic E-state index is 7.39. The van der Waals surface area contributed by atoms with Gasteiger partial charge in [0, 0.05) is 17.9 Å². The van der Waals surface area contributed by atoms with Gasteiger partial charge < -0.3 is 10.7 Å². The van der Waals surface area contributed by atoms with Crippen molar-refractivity contribution in [1.29, 1.82) is 5.41 Å². The Morgan fingerprint density at radius 1 is 1.33 bits per heavy atom. The topological polar surface area (TPSA) is 35.9 Å². The molecular weight excluding hydrogens is 148 g/mol. The van der Waals surface area contributed by atoms with Crippen LogP contribution < -0.4 is 5.32 Å². The van der Waals surface area contributed by atoms with Crippen molar-refractivity contribution in [3.63, 3.8) is 0 Å². The molecule has 1 rings (SSSR count). The summed E-state index contributed by atoms with van der Waals surface area (Å²) in [6.45, 7) is 4.79. The Hall–Kier alpha value is -1.31. The van der Waals surface area contributed by atoms with Crippen molar-refractivity contribution in [2.24, 2.45) is 0 Å². The van der Waals surface area contributed by atoms with Crippen LogP contribution in [0, 0.1) is 5.41 Å². The number of rotatable bonds is 3. The zero-order chi connectivity index (χ0) is 8.97. The molecule has 0 aliphatic rings. The second kappa shape index (κ2) is 3.90. The van der Waals surface area contributed by atoms with Crippen molar-refractivity contribution in [2.75, 3.05) is 11.9 Å². The number of benzene rings is 1. The molecule has 64 valence electrons. The number of hydrogen-bond acceptors (Lipinski definition) is 2. The molecule has 0 saturated carbocycles. The summed E-state index contributed by atoms with van der Waals surface area (Å²) in [6.07, 6.45) is 0. The Morgan fingerprint density at radius 2 is 1.92 bits per heavy atom. The molecule has 1 aromatic rings. The molecule has 0 heterocycles. The zero-order valence-corrected chi connectivity index (χ0v) is 7.52. The summed E-state index contributed by atoms with van der Waals surface area (Å²) in [5.41, 5.74) is 2.71. The fourth-order valence-electron chi connectivity index (χ4n) is 1.04. The lowest BCUT2D eigenvalue weighted by atomic mass is 10.1. The van der Waals surface area contributed by atoms with Gasteiger partial charge in [0.05, 0.1) is 0 Å². The van der Waals surface area contributed by atoms with Crippen molar-refractivity contribution in [1.82, 2.24) is 0 Å². The molecule has 0 aliphatic carbocycles. The normalized spacial score (nSPS) is 9.50. The molecular formula is C10H14N2. The molecule has 0 radical (unpaired) electrons. The van der Waals surface area contributed by atoms with Crippen LogP contribution in [0.25, 0.3) is 0 Å². The summed E-state index contributed by atoms with van der Waals surface area (Å²) in [4.78, 5) is 0. The molecule has 2 heteroatoms. The number of anilines is 1. The highest BCUT2D eigenvalue weighted by molar-refractivity contribution is 5.96. The van der Waals surface area contributed by atoms with Crippen molar-refractivity contribution in [3.8, 4) is 0 Å². The van der Waals surface area contributed by atoms with Gasteiger partial charge in [0.25, 0.3) is 0 Å². The van der Waals surface area contributed by atoms with Crippen molar-refractivity contribution in [2.45, 2.75) is 13.8 Å². The van der Waals surface area contributed by atoms with Crippen LogP contribution in [-0.2, 0) is 0 Å². The molecule has 0 atom stereocenters. The third kappa shape index (κ3) is 2.09. The quantitative estimate of drug-likeness (QED) is 0.658. The standard InChI is InChI=1S/C10H14N2/c1-3-12-10-6-4-9(5-7-10)8(2)11/h4-7,11-12H,3H2,1-2H3. The van der Waals surface area contributed by atoms with Crippen LogP contribution >= 0.6 is 0 Å². The van der Waals surface area contributed by atoms with E-state index in [1.54, 1.807) is 6.92 Å². The molecule has 0 aliphatic heterocycles. The first-order chi connectivity index (χ1) is 5.74. The van der Waals surface area contributed by atoms with E-state index < -0.39 is 0 Å². The maximum atomic E-state index is 7.39. The zero-order valence-electron chi connectivity index (χ0n) is 7.52. The van der Waals surface area contributed by atoms with Gasteiger partial charge in [-0.15, -0.1) is 0 Å². The minimum absolute atomic E-state index is 0.609. The van der Waals surface area contributed by atoms with Crippen molar-refractivity contribution < 1.29 is 0 Å². The molecule has 0 amide bonds. The van der Waals surface area contributed by atoms with Gasteiger partial charge >= 0.3 is 0 Å². The predicted octanol–water partition coefficient (Wildman–Crippen LogP) is 2.51. The predicted molar refractivity (Wildman–Crippen MR) is 53.1 cm³/mol. The first-order valence-corrected chi connectivity index (χ1v) is 4.13. The maximum Gasteiger partial charge on any atom is 0.0355 e. The minimum atomic E-state index is 0.609. The minimum Gasteiger partial charge on any atom is -0.385 e.